The number of carbonyl (C=O) groups excluding carboxylic acids is 1. The Hall–Kier alpha value is -1.70. The van der Waals surface area contributed by atoms with E-state index >= 15 is 0 Å². The molecule has 0 fully saturated rings. The van der Waals surface area contributed by atoms with Crippen LogP contribution in [0.2, 0.25) is 0 Å². The van der Waals surface area contributed by atoms with Crippen molar-refractivity contribution in [3.8, 4) is 0 Å². The first kappa shape index (κ1) is 17.7. The maximum Gasteiger partial charge on any atom is 0.270 e. The molecule has 2 rings (SSSR count). The van der Waals surface area contributed by atoms with E-state index in [0.29, 0.717) is 18.8 Å². The topological polar surface area (TPSA) is 67.6 Å². The third-order valence-corrected chi connectivity index (χ3v) is 4.46. The first-order chi connectivity index (χ1) is 11.2. The van der Waals surface area contributed by atoms with E-state index in [2.05, 4.69) is 29.0 Å². The molecule has 0 saturated carbocycles. The minimum absolute atomic E-state index is 0.0148. The second-order valence-corrected chi connectivity index (χ2v) is 5.96. The van der Waals surface area contributed by atoms with Crippen molar-refractivity contribution in [1.82, 2.24) is 15.2 Å². The lowest BCUT2D eigenvalue weighted by Gasteiger charge is -2.28. The molecule has 1 atom stereocenters. The molecule has 2 aromatic heterocycles. The van der Waals surface area contributed by atoms with Gasteiger partial charge in [-0.2, -0.15) is 0 Å². The molecule has 2 heterocycles. The Morgan fingerprint density at radius 3 is 2.87 bits per heavy atom. The molecule has 0 aliphatic carbocycles. The smallest absolute Gasteiger partial charge is 0.270 e. The number of hydrogen-bond donors (Lipinski definition) is 1. The summed E-state index contributed by atoms with van der Waals surface area (Å²) in [5, 5.41) is 5.50. The van der Waals surface area contributed by atoms with E-state index in [-0.39, 0.29) is 11.9 Å². The number of amides is 1. The number of aromatic nitrogens is 1. The van der Waals surface area contributed by atoms with E-state index in [1.807, 2.05) is 12.1 Å². The number of nitrogens with zero attached hydrogens (tertiary/aromatic N) is 2. The molecule has 0 spiro atoms. The number of rotatable bonds is 9. The van der Waals surface area contributed by atoms with E-state index in [0.717, 1.165) is 23.9 Å². The fourth-order valence-electron chi connectivity index (χ4n) is 2.44. The van der Waals surface area contributed by atoms with Gasteiger partial charge in [0.2, 0.25) is 0 Å². The van der Waals surface area contributed by atoms with Crippen molar-refractivity contribution in [3.63, 3.8) is 0 Å². The van der Waals surface area contributed by atoms with Crippen LogP contribution in [0.3, 0.4) is 0 Å². The third-order valence-electron chi connectivity index (χ3n) is 3.63. The number of methoxy groups -OCH3 is 1. The number of thiazole rings is 1. The van der Waals surface area contributed by atoms with Crippen LogP contribution in [0.5, 0.6) is 0 Å². The van der Waals surface area contributed by atoms with E-state index in [1.54, 1.807) is 18.8 Å². The number of carbonyl (C=O) groups is 1. The van der Waals surface area contributed by atoms with Gasteiger partial charge >= 0.3 is 0 Å². The van der Waals surface area contributed by atoms with Crippen molar-refractivity contribution in [1.29, 1.82) is 0 Å². The van der Waals surface area contributed by atoms with E-state index in [1.165, 1.54) is 11.3 Å². The summed E-state index contributed by atoms with van der Waals surface area (Å²) in [7, 11) is 1.61. The van der Waals surface area contributed by atoms with Crippen molar-refractivity contribution >= 4 is 17.2 Å². The van der Waals surface area contributed by atoms with Crippen LogP contribution in [0, 0.1) is 0 Å². The van der Waals surface area contributed by atoms with Gasteiger partial charge in [-0.25, -0.2) is 4.98 Å². The average Bonchev–Trinajstić information content (AvgIpc) is 3.23. The van der Waals surface area contributed by atoms with E-state index < -0.39 is 0 Å². The summed E-state index contributed by atoms with van der Waals surface area (Å²) in [4.78, 5) is 18.8. The summed E-state index contributed by atoms with van der Waals surface area (Å²) < 4.78 is 10.6. The summed E-state index contributed by atoms with van der Waals surface area (Å²) >= 11 is 1.42. The fourth-order valence-corrected chi connectivity index (χ4v) is 3.18. The highest BCUT2D eigenvalue weighted by atomic mass is 32.1. The third kappa shape index (κ3) is 4.63. The van der Waals surface area contributed by atoms with Gasteiger partial charge in [-0.3, -0.25) is 9.69 Å². The zero-order valence-electron chi connectivity index (χ0n) is 13.7. The van der Waals surface area contributed by atoms with Crippen LogP contribution in [0.25, 0.3) is 0 Å². The lowest BCUT2D eigenvalue weighted by Crippen LogP contribution is -2.38. The second kappa shape index (κ2) is 8.81. The molecule has 2 aromatic rings. The van der Waals surface area contributed by atoms with Crippen LogP contribution in [-0.2, 0) is 11.3 Å². The first-order valence-electron chi connectivity index (χ1n) is 7.68. The molecule has 126 valence electrons. The molecule has 0 aliphatic rings. The van der Waals surface area contributed by atoms with Gasteiger partial charge in [0.25, 0.3) is 5.91 Å². The molecule has 6 nitrogen and oxygen atoms in total. The standard InChI is InChI=1S/C16H23N3O3S/c1-4-19(5-2)13(14-7-6-8-22-14)9-17-16(20)12-11-23-15(18-12)10-21-3/h6-8,11,13H,4-5,9-10H2,1-3H3,(H,17,20). The number of furan rings is 1. The predicted octanol–water partition coefficient (Wildman–Crippen LogP) is 2.70. The minimum atomic E-state index is -0.174. The summed E-state index contributed by atoms with van der Waals surface area (Å²) in [6.07, 6.45) is 1.66. The van der Waals surface area contributed by atoms with Crippen LogP contribution in [0.15, 0.2) is 28.2 Å². The van der Waals surface area contributed by atoms with Gasteiger partial charge < -0.3 is 14.5 Å². The normalized spacial score (nSPS) is 12.5. The summed E-state index contributed by atoms with van der Waals surface area (Å²) in [6, 6.07) is 3.82. The molecule has 0 aromatic carbocycles. The van der Waals surface area contributed by atoms with Gasteiger partial charge in [0, 0.05) is 19.0 Å². The zero-order chi connectivity index (χ0) is 16.7. The Morgan fingerprint density at radius 2 is 2.26 bits per heavy atom. The number of likely N-dealkylation sites (N-methyl/N-ethyl adjacent to an activating group) is 1. The maximum atomic E-state index is 12.3. The highest BCUT2D eigenvalue weighted by Gasteiger charge is 2.22. The monoisotopic (exact) mass is 337 g/mol. The number of ether oxygens (including phenoxy) is 1. The Labute approximate surface area is 140 Å². The maximum absolute atomic E-state index is 12.3. The van der Waals surface area contributed by atoms with Crippen LogP contribution in [0.1, 0.15) is 41.1 Å². The molecule has 1 N–H and O–H groups in total. The van der Waals surface area contributed by atoms with Gasteiger partial charge in [-0.05, 0) is 25.2 Å². The lowest BCUT2D eigenvalue weighted by molar-refractivity contribution is 0.0924. The SMILES string of the molecule is CCN(CC)C(CNC(=O)c1csc(COC)n1)c1ccco1. The Bertz CT molecular complexity index is 593. The Morgan fingerprint density at radius 1 is 1.48 bits per heavy atom. The van der Waals surface area contributed by atoms with Crippen LogP contribution < -0.4 is 5.32 Å². The highest BCUT2D eigenvalue weighted by Crippen LogP contribution is 2.20. The average molecular weight is 337 g/mol. The van der Waals surface area contributed by atoms with Crippen molar-refractivity contribution in [2.45, 2.75) is 26.5 Å². The number of nitrogens with one attached hydrogen (secondary N) is 1. The lowest BCUT2D eigenvalue weighted by atomic mass is 10.2. The van der Waals surface area contributed by atoms with Crippen LogP contribution in [-0.4, -0.2) is 42.5 Å². The van der Waals surface area contributed by atoms with Crippen molar-refractivity contribution < 1.29 is 13.9 Å². The zero-order valence-corrected chi connectivity index (χ0v) is 14.6. The summed E-state index contributed by atoms with van der Waals surface area (Å²) in [6.45, 7) is 6.86. The van der Waals surface area contributed by atoms with Gasteiger partial charge in [0.05, 0.1) is 18.9 Å². The largest absolute Gasteiger partial charge is 0.468 e. The van der Waals surface area contributed by atoms with Crippen LogP contribution in [0.4, 0.5) is 0 Å². The van der Waals surface area contributed by atoms with Crippen molar-refractivity contribution in [3.05, 3.63) is 40.2 Å². The molecule has 0 aliphatic heterocycles. The van der Waals surface area contributed by atoms with Crippen molar-refractivity contribution in [2.75, 3.05) is 26.7 Å². The quantitative estimate of drug-likeness (QED) is 0.762. The summed E-state index contributed by atoms with van der Waals surface area (Å²) in [5.74, 6) is 0.680. The van der Waals surface area contributed by atoms with Gasteiger partial charge in [0.15, 0.2) is 0 Å². The molecule has 0 bridgehead atoms. The Balaban J connectivity index is 2.01. The van der Waals surface area contributed by atoms with Gasteiger partial charge in [-0.1, -0.05) is 13.8 Å². The molecular formula is C16H23N3O3S. The van der Waals surface area contributed by atoms with E-state index in [4.69, 9.17) is 9.15 Å². The molecular weight excluding hydrogens is 314 g/mol. The number of hydrogen-bond acceptors (Lipinski definition) is 6. The van der Waals surface area contributed by atoms with Gasteiger partial charge in [0.1, 0.15) is 16.5 Å². The van der Waals surface area contributed by atoms with Gasteiger partial charge in [-0.15, -0.1) is 11.3 Å². The predicted molar refractivity (Wildman–Crippen MR) is 89.5 cm³/mol. The molecule has 0 radical (unpaired) electrons. The molecule has 7 heteroatoms. The van der Waals surface area contributed by atoms with Crippen molar-refractivity contribution in [2.24, 2.45) is 0 Å². The fraction of sp³-hybridized carbons (Fsp3) is 0.500. The minimum Gasteiger partial charge on any atom is -0.468 e. The first-order valence-corrected chi connectivity index (χ1v) is 8.56. The highest BCUT2D eigenvalue weighted by molar-refractivity contribution is 7.09. The van der Waals surface area contributed by atoms with Crippen LogP contribution >= 0.6 is 11.3 Å². The summed E-state index contributed by atoms with van der Waals surface area (Å²) in [5.41, 5.74) is 0.430. The molecule has 1 unspecified atom stereocenters. The molecule has 1 amide bonds. The molecule has 23 heavy (non-hydrogen) atoms. The Kier molecular flexibility index (Phi) is 6.76. The second-order valence-electron chi connectivity index (χ2n) is 5.02. The van der Waals surface area contributed by atoms with E-state index in [9.17, 15) is 4.79 Å². The molecule has 0 saturated heterocycles.